The van der Waals surface area contributed by atoms with Gasteiger partial charge in [0, 0.05) is 157 Å². The van der Waals surface area contributed by atoms with Crippen molar-refractivity contribution in [3.8, 4) is 33.4 Å². The highest BCUT2D eigenvalue weighted by Crippen LogP contribution is 2.42. The summed E-state index contributed by atoms with van der Waals surface area (Å²) in [6.07, 6.45) is 21.1. The summed E-state index contributed by atoms with van der Waals surface area (Å²) in [5, 5.41) is 23.5. The molecule has 12 aromatic heterocycles. The molecule has 3 amide bonds. The fourth-order valence-corrected chi connectivity index (χ4v) is 18.0. The van der Waals surface area contributed by atoms with Gasteiger partial charge in [0.15, 0.2) is 28.5 Å². The Labute approximate surface area is 769 Å². The third-order valence-electron chi connectivity index (χ3n) is 23.5. The zero-order valence-corrected chi connectivity index (χ0v) is 77.9. The Balaban J connectivity index is 0.000000146. The third kappa shape index (κ3) is 20.1. The van der Waals surface area contributed by atoms with Crippen LogP contribution in [0.4, 0.5) is 52.6 Å². The molecular weight excluding hydrogens is 1720 g/mol. The number of carbonyl (C=O) groups is 5. The highest BCUT2D eigenvalue weighted by molar-refractivity contribution is 7.17. The number of hydrogen-bond donors (Lipinski definition) is 4. The topological polar surface area (TPSA) is 389 Å². The van der Waals surface area contributed by atoms with Gasteiger partial charge in [0.05, 0.1) is 29.9 Å². The quantitative estimate of drug-likeness (QED) is 0.0408. The lowest BCUT2D eigenvalue weighted by Gasteiger charge is -2.22. The summed E-state index contributed by atoms with van der Waals surface area (Å²) in [5.41, 5.74) is 10.1. The number of nitrogens with zero attached hydrogens (tertiary/aromatic N) is 15. The highest BCUT2D eigenvalue weighted by Gasteiger charge is 2.33. The van der Waals surface area contributed by atoms with Crippen molar-refractivity contribution < 1.29 is 60.6 Å². The summed E-state index contributed by atoms with van der Waals surface area (Å²) in [7, 11) is 15.6. The van der Waals surface area contributed by atoms with Crippen molar-refractivity contribution in [1.29, 1.82) is 0 Å². The van der Waals surface area contributed by atoms with E-state index in [4.69, 9.17) is 46.5 Å². The molecule has 12 heterocycles. The molecule has 3 aliphatic rings. The van der Waals surface area contributed by atoms with Crippen LogP contribution in [0.25, 0.3) is 99.1 Å². The molecule has 18 rings (SSSR count). The number of anilines is 9. The van der Waals surface area contributed by atoms with Gasteiger partial charge in [0.25, 0.3) is 17.7 Å². The van der Waals surface area contributed by atoms with Crippen LogP contribution in [0.2, 0.25) is 0 Å². The van der Waals surface area contributed by atoms with Gasteiger partial charge < -0.3 is 95.7 Å². The first-order valence-corrected chi connectivity index (χ1v) is 45.2. The van der Waals surface area contributed by atoms with E-state index in [1.165, 1.54) is 47.0 Å². The number of hydrogen-bond acceptors (Lipinski definition) is 29. The van der Waals surface area contributed by atoms with Gasteiger partial charge in [-0.2, -0.15) is 15.0 Å². The van der Waals surface area contributed by atoms with Crippen LogP contribution in [0.3, 0.4) is 0 Å². The number of aliphatic hydroxyl groups excluding tert-OH is 1. The van der Waals surface area contributed by atoms with Gasteiger partial charge in [-0.25, -0.2) is 15.0 Å². The molecule has 0 radical (unpaired) electrons. The van der Waals surface area contributed by atoms with E-state index in [0.717, 1.165) is 149 Å². The summed E-state index contributed by atoms with van der Waals surface area (Å²) in [6.45, 7) is 10.9. The molecular formula is C98H108N18O16S. The predicted molar refractivity (Wildman–Crippen MR) is 514 cm³/mol. The van der Waals surface area contributed by atoms with E-state index in [9.17, 15) is 43.5 Å². The van der Waals surface area contributed by atoms with Crippen LogP contribution in [0.15, 0.2) is 182 Å². The fraction of sp³-hybridized carbons (Fsp3) is 0.367. The van der Waals surface area contributed by atoms with Crippen molar-refractivity contribution in [1.82, 2.24) is 58.3 Å². The average molecular weight is 1830 g/mol. The van der Waals surface area contributed by atoms with Gasteiger partial charge in [-0.15, -0.1) is 11.3 Å². The van der Waals surface area contributed by atoms with E-state index in [1.54, 1.807) is 127 Å². The third-order valence-corrected chi connectivity index (χ3v) is 24.4. The second-order valence-electron chi connectivity index (χ2n) is 36.4. The second kappa shape index (κ2) is 38.1. The summed E-state index contributed by atoms with van der Waals surface area (Å²) >= 11 is 1.32. The molecule has 4 N–H and O–H groups in total. The number of aliphatic hydroxyl groups is 1. The number of thiophene rings is 1. The van der Waals surface area contributed by atoms with E-state index in [1.807, 2.05) is 117 Å². The molecule has 692 valence electrons. The van der Waals surface area contributed by atoms with Crippen LogP contribution in [0.1, 0.15) is 168 Å². The lowest BCUT2D eigenvalue weighted by Crippen LogP contribution is -2.33. The molecule has 0 saturated heterocycles. The first-order chi connectivity index (χ1) is 63.6. The van der Waals surface area contributed by atoms with Crippen molar-refractivity contribution in [2.75, 3.05) is 120 Å². The number of benzene rings is 3. The van der Waals surface area contributed by atoms with Crippen LogP contribution < -0.4 is 46.9 Å². The Morgan fingerprint density at radius 1 is 0.429 bits per heavy atom. The number of fused-ring (bicyclic) bond motifs is 6. The predicted octanol–water partition coefficient (Wildman–Crippen LogP) is 17.5. The highest BCUT2D eigenvalue weighted by atomic mass is 32.1. The SMILES string of the molecule is CN(C)C(=O)c1cc2cnc(Nc3ccc(-c4coc5c(=O)cc(N(C)CC(=O)OC(C)(C)C)oc45)cc3)nc2n1C1CCCC1.CN(C)C(=O)c1cc2cnc(Nc3ccc(-c4coc5c(=O)cc(N(C)CCO)oc45)cc3)nc2n1C1CCCC1.CN(C)C(=O)c1cc2cnc(Nc3ccc(-c4csc5c(=O)cc(N(C)CC(=O)OC(C)(C)C)oc45)cc3)nc2n1C1CCCC1. The number of esters is 2. The number of aromatic nitrogens is 9. The number of furan rings is 2. The van der Waals surface area contributed by atoms with Crippen molar-refractivity contribution in [3.05, 3.63) is 193 Å². The molecule has 0 spiro atoms. The van der Waals surface area contributed by atoms with Gasteiger partial charge >= 0.3 is 11.9 Å². The van der Waals surface area contributed by atoms with Gasteiger partial charge in [0.1, 0.15) is 75.5 Å². The number of carbonyl (C=O) groups excluding carboxylic acids is 5. The fourth-order valence-electron chi connectivity index (χ4n) is 17.1. The molecule has 0 aliphatic heterocycles. The normalized spacial score (nSPS) is 13.8. The Morgan fingerprint density at radius 3 is 1.07 bits per heavy atom. The van der Waals surface area contributed by atoms with Gasteiger partial charge in [-0.3, -0.25) is 38.4 Å². The summed E-state index contributed by atoms with van der Waals surface area (Å²) in [5.74, 6) is 1.13. The number of amides is 3. The molecule has 35 heteroatoms. The lowest BCUT2D eigenvalue weighted by atomic mass is 10.1. The monoisotopic (exact) mass is 1820 g/mol. The van der Waals surface area contributed by atoms with E-state index >= 15 is 0 Å². The molecule has 3 aliphatic carbocycles. The van der Waals surface area contributed by atoms with Gasteiger partial charge in [-0.05, 0) is 151 Å². The zero-order chi connectivity index (χ0) is 94.2. The smallest absolute Gasteiger partial charge is 0.326 e. The number of nitrogens with one attached hydrogen (secondary N) is 3. The summed E-state index contributed by atoms with van der Waals surface area (Å²) in [4.78, 5) is 140. The molecule has 0 unspecified atom stereocenters. The zero-order valence-electron chi connectivity index (χ0n) is 77.1. The second-order valence-corrected chi connectivity index (χ2v) is 37.3. The number of rotatable bonds is 24. The minimum absolute atomic E-state index is 0.0465. The van der Waals surface area contributed by atoms with Crippen molar-refractivity contribution in [2.24, 2.45) is 0 Å². The first-order valence-electron chi connectivity index (χ1n) is 44.3. The van der Waals surface area contributed by atoms with Crippen LogP contribution >= 0.6 is 11.3 Å². The first kappa shape index (κ1) is 91.8. The molecule has 3 aromatic carbocycles. The summed E-state index contributed by atoms with van der Waals surface area (Å²) in [6, 6.07) is 33.2. The molecule has 34 nitrogen and oxygen atoms in total. The average Bonchev–Trinajstić information content (AvgIpc) is 1.46. The van der Waals surface area contributed by atoms with Crippen LogP contribution in [0.5, 0.6) is 0 Å². The van der Waals surface area contributed by atoms with Crippen LogP contribution in [0, 0.1) is 0 Å². The van der Waals surface area contributed by atoms with E-state index in [0.29, 0.717) is 74.3 Å². The Hall–Kier alpha value is -14.5. The minimum atomic E-state index is -0.628. The Bertz CT molecular complexity index is 6780. The lowest BCUT2D eigenvalue weighted by molar-refractivity contribution is -0.154. The maximum atomic E-state index is 13.0. The van der Waals surface area contributed by atoms with Crippen molar-refractivity contribution >= 4 is 159 Å². The molecule has 0 atom stereocenters. The van der Waals surface area contributed by atoms with Crippen molar-refractivity contribution in [3.63, 3.8) is 0 Å². The summed E-state index contributed by atoms with van der Waals surface area (Å²) < 4.78 is 47.0. The molecule has 15 aromatic rings. The van der Waals surface area contributed by atoms with Gasteiger partial charge in [-0.1, -0.05) is 74.9 Å². The molecule has 0 bridgehead atoms. The van der Waals surface area contributed by atoms with E-state index in [-0.39, 0.29) is 100 Å². The largest absolute Gasteiger partial charge is 0.459 e. The van der Waals surface area contributed by atoms with E-state index in [2.05, 4.69) is 44.6 Å². The maximum Gasteiger partial charge on any atom is 0.326 e. The van der Waals surface area contributed by atoms with Crippen LogP contribution in [-0.4, -0.2) is 194 Å². The minimum Gasteiger partial charge on any atom is -0.459 e. The number of likely N-dealkylation sites (N-methyl/N-ethyl adjacent to an activating group) is 3. The Morgan fingerprint density at radius 2 is 0.744 bits per heavy atom. The number of ether oxygens (including phenoxy) is 2. The molecule has 3 saturated carbocycles. The van der Waals surface area contributed by atoms with Crippen molar-refractivity contribution in [2.45, 2.75) is 148 Å². The van der Waals surface area contributed by atoms with Crippen LogP contribution in [-0.2, 0) is 19.1 Å². The standard InChI is InChI=1S/C34H38N6O6.C34H38N6O5S.C30H32N6O5/c1-34(2,3)46-28(42)18-39(6)27-16-26(41)30-29(45-27)24(19-44-30)20-11-13-22(14-12-20)36-33-35-17-21-15-25(32(43)38(4)5)40(31(21)37-33)23-9-7-8-10-23;1-34(2,3)45-28(42)18-39(6)27-16-26(41)30-29(44-27)24(19-46-30)20-11-13-22(14-12-20)36-33-35-17-21-15-25(32(43)38(4)5)40(31(21)37-33)23-9-7-8-10-23;1-34(2)29(39)23-14-19-16-31-30(33-28(19)36(23)21-6-4-5-7-21)32-20-10-8-18(9-11-20)22-17-40-27-24(38)15-25(41-26(22)27)35(3)12-13-37/h2*11-17,19,23H,7-10,18H2,1-6H3,(H,35,36,37);8-11,14-17,21,37H,4-7,12-13H2,1-3H3,(H,31,32,33). The maximum absolute atomic E-state index is 13.0. The Kier molecular flexibility index (Phi) is 26.3. The molecule has 3 fully saturated rings. The van der Waals surface area contributed by atoms with E-state index < -0.39 is 23.1 Å². The van der Waals surface area contributed by atoms with Gasteiger partial charge in [0.2, 0.25) is 51.2 Å². The molecule has 133 heavy (non-hydrogen) atoms.